The Morgan fingerprint density at radius 1 is 0.833 bits per heavy atom. The van der Waals surface area contributed by atoms with Gasteiger partial charge in [-0.25, -0.2) is 9.59 Å². The molecule has 2 aromatic heterocycles. The van der Waals surface area contributed by atoms with Gasteiger partial charge in [-0.15, -0.1) is 0 Å². The first-order valence-electron chi connectivity index (χ1n) is 12.7. The molecule has 36 heavy (non-hydrogen) atoms. The van der Waals surface area contributed by atoms with E-state index in [1.807, 2.05) is 30.5 Å². The molecule has 0 aliphatic rings. The van der Waals surface area contributed by atoms with Crippen molar-refractivity contribution in [2.75, 3.05) is 19.6 Å². The van der Waals surface area contributed by atoms with Crippen LogP contribution < -0.4 is 0 Å². The van der Waals surface area contributed by atoms with Gasteiger partial charge in [-0.2, -0.15) is 0 Å². The number of hydrogen-bond acceptors (Lipinski definition) is 4. The highest BCUT2D eigenvalue weighted by Crippen LogP contribution is 2.22. The average Bonchev–Trinajstić information content (AvgIpc) is 3.26. The summed E-state index contributed by atoms with van der Waals surface area (Å²) < 4.78 is 2.05. The molecule has 0 fully saturated rings. The lowest BCUT2D eigenvalue weighted by Gasteiger charge is -2.17. The molecule has 0 radical (unpaired) electrons. The molecule has 0 amide bonds. The summed E-state index contributed by atoms with van der Waals surface area (Å²) >= 11 is 0. The van der Waals surface area contributed by atoms with Gasteiger partial charge < -0.3 is 19.5 Å². The molecule has 194 valence electrons. The lowest BCUT2D eigenvalue weighted by molar-refractivity contribution is -0.159. The zero-order chi connectivity index (χ0) is 26.5. The van der Waals surface area contributed by atoms with E-state index in [1.54, 1.807) is 0 Å². The smallest absolute Gasteiger partial charge is 0.414 e. The average molecular weight is 495 g/mol. The van der Waals surface area contributed by atoms with Crippen molar-refractivity contribution in [1.29, 1.82) is 0 Å². The summed E-state index contributed by atoms with van der Waals surface area (Å²) in [5.74, 6) is -3.52. The highest BCUT2D eigenvalue weighted by atomic mass is 16.4. The van der Waals surface area contributed by atoms with E-state index in [0.29, 0.717) is 0 Å². The number of carboxylic acids is 2. The minimum atomic E-state index is -1.82. The summed E-state index contributed by atoms with van der Waals surface area (Å²) in [5.41, 5.74) is 5.18. The quantitative estimate of drug-likeness (QED) is 0.200. The first-order valence-corrected chi connectivity index (χ1v) is 12.7. The van der Waals surface area contributed by atoms with Crippen molar-refractivity contribution in [2.24, 2.45) is 0 Å². The largest absolute Gasteiger partial charge is 0.473 e. The zero-order valence-corrected chi connectivity index (χ0v) is 21.6. The lowest BCUT2D eigenvalue weighted by atomic mass is 10.00. The van der Waals surface area contributed by atoms with Crippen LogP contribution in [0.4, 0.5) is 0 Å². The Kier molecular flexibility index (Phi) is 11.9. The SMILES string of the molecule is CCCCc1cc2ccccn2c1C(=O)c1ccc(CCCCN(CC)CC)cc1.O=C(O)C(=O)O. The van der Waals surface area contributed by atoms with E-state index in [9.17, 15) is 4.79 Å². The Morgan fingerprint density at radius 3 is 2.08 bits per heavy atom. The van der Waals surface area contributed by atoms with Crippen LogP contribution in [-0.4, -0.2) is 56.9 Å². The van der Waals surface area contributed by atoms with Gasteiger partial charge in [-0.1, -0.05) is 57.5 Å². The Hall–Kier alpha value is -3.45. The van der Waals surface area contributed by atoms with Crippen molar-refractivity contribution >= 4 is 23.2 Å². The number of fused-ring (bicyclic) bond motifs is 1. The van der Waals surface area contributed by atoms with E-state index in [1.165, 1.54) is 24.9 Å². The number of rotatable bonds is 12. The predicted octanol–water partition coefficient (Wildman–Crippen LogP) is 5.33. The third-order valence-electron chi connectivity index (χ3n) is 6.26. The number of aromatic nitrogens is 1. The fourth-order valence-corrected chi connectivity index (χ4v) is 4.16. The third-order valence-corrected chi connectivity index (χ3v) is 6.26. The molecule has 3 aromatic rings. The molecule has 2 N–H and O–H groups in total. The number of nitrogens with zero attached hydrogens (tertiary/aromatic N) is 2. The number of aryl methyl sites for hydroxylation is 2. The van der Waals surface area contributed by atoms with Crippen molar-refractivity contribution in [2.45, 2.75) is 59.3 Å². The molecule has 0 aliphatic heterocycles. The number of ketones is 1. The third kappa shape index (κ3) is 8.34. The van der Waals surface area contributed by atoms with Crippen LogP contribution in [0.15, 0.2) is 54.7 Å². The molecular formula is C29H38N2O5. The number of benzene rings is 1. The number of carbonyl (C=O) groups is 3. The first-order chi connectivity index (χ1) is 17.3. The Bertz CT molecular complexity index is 1120. The summed E-state index contributed by atoms with van der Waals surface area (Å²) in [4.78, 5) is 34.1. The molecule has 0 spiro atoms. The molecule has 0 unspecified atom stereocenters. The van der Waals surface area contributed by atoms with Crippen LogP contribution in [0.1, 0.15) is 73.6 Å². The Labute approximate surface area is 213 Å². The van der Waals surface area contributed by atoms with Gasteiger partial charge in [-0.05, 0) is 81.1 Å². The van der Waals surface area contributed by atoms with E-state index in [-0.39, 0.29) is 5.78 Å². The van der Waals surface area contributed by atoms with Crippen molar-refractivity contribution in [3.63, 3.8) is 0 Å². The Morgan fingerprint density at radius 2 is 1.50 bits per heavy atom. The highest BCUT2D eigenvalue weighted by Gasteiger charge is 2.18. The summed E-state index contributed by atoms with van der Waals surface area (Å²) in [5, 5.41) is 14.8. The van der Waals surface area contributed by atoms with E-state index in [0.717, 1.165) is 61.1 Å². The van der Waals surface area contributed by atoms with Gasteiger partial charge in [0.05, 0.1) is 5.69 Å². The van der Waals surface area contributed by atoms with Crippen LogP contribution in [0.2, 0.25) is 0 Å². The van der Waals surface area contributed by atoms with Crippen LogP contribution >= 0.6 is 0 Å². The van der Waals surface area contributed by atoms with Crippen molar-refractivity contribution < 1.29 is 24.6 Å². The van der Waals surface area contributed by atoms with Crippen LogP contribution in [0.25, 0.3) is 5.52 Å². The molecule has 0 atom stereocenters. The summed E-state index contributed by atoms with van der Waals surface area (Å²) in [6, 6.07) is 16.6. The maximum atomic E-state index is 13.4. The number of carbonyl (C=O) groups excluding carboxylic acids is 1. The molecule has 0 saturated heterocycles. The standard InChI is InChI=1S/C27H36N2O.C2H2O4/c1-4-7-13-24-21-25-14-9-11-20-29(25)26(24)27(30)23-17-15-22(16-18-23)12-8-10-19-28(5-2)6-3;3-1(4)2(5)6/h9,11,14-18,20-21H,4-8,10,12-13,19H2,1-3H3;(H,3,4)(H,5,6). The van der Waals surface area contributed by atoms with Gasteiger partial charge in [0, 0.05) is 17.3 Å². The molecule has 0 saturated carbocycles. The van der Waals surface area contributed by atoms with E-state index in [4.69, 9.17) is 19.8 Å². The van der Waals surface area contributed by atoms with E-state index in [2.05, 4.69) is 54.3 Å². The first kappa shape index (κ1) is 28.8. The molecule has 2 heterocycles. The van der Waals surface area contributed by atoms with Gasteiger partial charge in [-0.3, -0.25) is 4.79 Å². The summed E-state index contributed by atoms with van der Waals surface area (Å²) in [6.45, 7) is 10.1. The maximum Gasteiger partial charge on any atom is 0.414 e. The second kappa shape index (κ2) is 14.8. The topological polar surface area (TPSA) is 99.3 Å². The monoisotopic (exact) mass is 494 g/mol. The van der Waals surface area contributed by atoms with Gasteiger partial charge in [0.15, 0.2) is 0 Å². The number of pyridine rings is 1. The van der Waals surface area contributed by atoms with Crippen molar-refractivity contribution in [1.82, 2.24) is 9.30 Å². The van der Waals surface area contributed by atoms with E-state index >= 15 is 0 Å². The molecule has 7 heteroatoms. The summed E-state index contributed by atoms with van der Waals surface area (Å²) in [7, 11) is 0. The number of unbranched alkanes of at least 4 members (excludes halogenated alkanes) is 2. The fourth-order valence-electron chi connectivity index (χ4n) is 4.16. The van der Waals surface area contributed by atoms with Crippen LogP contribution in [0.5, 0.6) is 0 Å². The molecule has 3 rings (SSSR count). The van der Waals surface area contributed by atoms with Gasteiger partial charge >= 0.3 is 11.9 Å². The van der Waals surface area contributed by atoms with Gasteiger partial charge in [0.25, 0.3) is 0 Å². The lowest BCUT2D eigenvalue weighted by Crippen LogP contribution is -2.23. The molecule has 0 aliphatic carbocycles. The normalized spacial score (nSPS) is 10.8. The molecular weight excluding hydrogens is 456 g/mol. The minimum absolute atomic E-state index is 0.125. The van der Waals surface area contributed by atoms with Crippen LogP contribution in [-0.2, 0) is 22.4 Å². The maximum absolute atomic E-state index is 13.4. The zero-order valence-electron chi connectivity index (χ0n) is 21.6. The van der Waals surface area contributed by atoms with Gasteiger partial charge in [0.1, 0.15) is 0 Å². The predicted molar refractivity (Wildman–Crippen MR) is 142 cm³/mol. The summed E-state index contributed by atoms with van der Waals surface area (Å²) in [6.07, 6.45) is 8.66. The molecule has 0 bridgehead atoms. The number of carboxylic acid groups (broad SMARTS) is 2. The fraction of sp³-hybridized carbons (Fsp3) is 0.414. The van der Waals surface area contributed by atoms with Gasteiger partial charge in [0.2, 0.25) is 5.78 Å². The second-order valence-electron chi connectivity index (χ2n) is 8.74. The number of hydrogen-bond donors (Lipinski definition) is 2. The highest BCUT2D eigenvalue weighted by molar-refractivity contribution is 6.27. The van der Waals surface area contributed by atoms with E-state index < -0.39 is 11.9 Å². The van der Waals surface area contributed by atoms with Crippen molar-refractivity contribution in [3.8, 4) is 0 Å². The Balaban J connectivity index is 0.000000678. The second-order valence-corrected chi connectivity index (χ2v) is 8.74. The molecule has 1 aromatic carbocycles. The number of aliphatic carboxylic acids is 2. The minimum Gasteiger partial charge on any atom is -0.473 e. The molecule has 7 nitrogen and oxygen atoms in total. The van der Waals surface area contributed by atoms with Crippen LogP contribution in [0.3, 0.4) is 0 Å². The van der Waals surface area contributed by atoms with Crippen LogP contribution in [0, 0.1) is 0 Å². The van der Waals surface area contributed by atoms with Crippen molar-refractivity contribution in [3.05, 3.63) is 77.1 Å².